The molecule has 3 rings (SSSR count). The van der Waals surface area contributed by atoms with Gasteiger partial charge in [0.05, 0.1) is 10.6 Å². The Bertz CT molecular complexity index is 1210. The van der Waals surface area contributed by atoms with Gasteiger partial charge in [0.1, 0.15) is 18.2 Å². The molecule has 0 atom stereocenters. The van der Waals surface area contributed by atoms with Crippen molar-refractivity contribution in [3.63, 3.8) is 0 Å². The largest absolute Gasteiger partial charge is 0.492 e. The molecule has 0 saturated heterocycles. The van der Waals surface area contributed by atoms with Gasteiger partial charge in [0.25, 0.3) is 0 Å². The molecule has 3 aromatic rings. The SMILES string of the molecule is CNCCOc1ccc(Nc2ncc(C)c(Nc3cccc(S(=O)(=O)CC(C)(C)C)c3)n2)cc1. The first-order valence-electron chi connectivity index (χ1n) is 11.1. The molecule has 9 heteroatoms. The number of nitrogens with zero attached hydrogens (tertiary/aromatic N) is 2. The van der Waals surface area contributed by atoms with Crippen molar-refractivity contribution in [2.75, 3.05) is 36.6 Å². The van der Waals surface area contributed by atoms with Gasteiger partial charge in [-0.15, -0.1) is 0 Å². The third kappa shape index (κ3) is 7.43. The van der Waals surface area contributed by atoms with Crippen LogP contribution >= 0.6 is 0 Å². The molecule has 0 aliphatic rings. The third-order valence-electron chi connectivity index (χ3n) is 4.78. The van der Waals surface area contributed by atoms with Crippen molar-refractivity contribution < 1.29 is 13.2 Å². The number of benzene rings is 2. The van der Waals surface area contributed by atoms with Crippen molar-refractivity contribution in [2.24, 2.45) is 5.41 Å². The van der Waals surface area contributed by atoms with Gasteiger partial charge in [-0.25, -0.2) is 13.4 Å². The minimum Gasteiger partial charge on any atom is -0.492 e. The Morgan fingerprint density at radius 1 is 1.00 bits per heavy atom. The molecule has 34 heavy (non-hydrogen) atoms. The molecule has 2 aromatic carbocycles. The molecule has 0 amide bonds. The summed E-state index contributed by atoms with van der Waals surface area (Å²) in [6.07, 6.45) is 1.72. The summed E-state index contributed by atoms with van der Waals surface area (Å²) in [5, 5.41) is 9.46. The zero-order chi connectivity index (χ0) is 24.8. The lowest BCUT2D eigenvalue weighted by Gasteiger charge is -2.18. The zero-order valence-electron chi connectivity index (χ0n) is 20.3. The van der Waals surface area contributed by atoms with Crippen molar-refractivity contribution >= 4 is 33.0 Å². The van der Waals surface area contributed by atoms with Gasteiger partial charge < -0.3 is 20.7 Å². The molecule has 0 radical (unpaired) electrons. The highest BCUT2D eigenvalue weighted by molar-refractivity contribution is 7.91. The molecule has 0 spiro atoms. The molecule has 1 heterocycles. The number of aromatic nitrogens is 2. The van der Waals surface area contributed by atoms with E-state index < -0.39 is 9.84 Å². The number of nitrogens with one attached hydrogen (secondary N) is 3. The van der Waals surface area contributed by atoms with Crippen molar-refractivity contribution in [3.05, 3.63) is 60.3 Å². The second kappa shape index (κ2) is 10.8. The molecule has 0 aliphatic heterocycles. The number of hydrogen-bond donors (Lipinski definition) is 3. The first-order chi connectivity index (χ1) is 16.1. The first kappa shape index (κ1) is 25.5. The summed E-state index contributed by atoms with van der Waals surface area (Å²) in [5.41, 5.74) is 1.97. The number of hydrogen-bond acceptors (Lipinski definition) is 8. The summed E-state index contributed by atoms with van der Waals surface area (Å²) in [7, 11) is -1.52. The third-order valence-corrected chi connectivity index (χ3v) is 7.00. The fraction of sp³-hybridized carbons (Fsp3) is 0.360. The Balaban J connectivity index is 1.74. The topological polar surface area (TPSA) is 105 Å². The predicted octanol–water partition coefficient (Wildman–Crippen LogP) is 4.69. The smallest absolute Gasteiger partial charge is 0.229 e. The molecule has 0 saturated carbocycles. The molecular weight excluding hydrogens is 450 g/mol. The van der Waals surface area contributed by atoms with Crippen molar-refractivity contribution in [1.82, 2.24) is 15.3 Å². The number of anilines is 4. The molecule has 8 nitrogen and oxygen atoms in total. The number of rotatable bonds is 10. The first-order valence-corrected chi connectivity index (χ1v) is 12.8. The molecule has 182 valence electrons. The van der Waals surface area contributed by atoms with E-state index in [0.29, 0.717) is 24.1 Å². The van der Waals surface area contributed by atoms with E-state index in [0.717, 1.165) is 23.5 Å². The van der Waals surface area contributed by atoms with E-state index >= 15 is 0 Å². The van der Waals surface area contributed by atoms with Gasteiger partial charge in [-0.2, -0.15) is 4.98 Å². The van der Waals surface area contributed by atoms with E-state index in [-0.39, 0.29) is 16.1 Å². The van der Waals surface area contributed by atoms with Crippen LogP contribution in [-0.4, -0.2) is 44.3 Å². The number of sulfone groups is 1. The zero-order valence-corrected chi connectivity index (χ0v) is 21.2. The van der Waals surface area contributed by atoms with Crippen molar-refractivity contribution in [3.8, 4) is 5.75 Å². The monoisotopic (exact) mass is 483 g/mol. The molecule has 1 aromatic heterocycles. The van der Waals surface area contributed by atoms with E-state index in [1.54, 1.807) is 24.4 Å². The van der Waals surface area contributed by atoms with E-state index in [2.05, 4.69) is 25.9 Å². The molecule has 0 unspecified atom stereocenters. The molecule has 0 aliphatic carbocycles. The summed E-state index contributed by atoms with van der Waals surface area (Å²) in [6, 6.07) is 14.4. The van der Waals surface area contributed by atoms with Gasteiger partial charge in [-0.3, -0.25) is 0 Å². The van der Waals surface area contributed by atoms with Gasteiger partial charge >= 0.3 is 0 Å². The lowest BCUT2D eigenvalue weighted by molar-refractivity contribution is 0.318. The second-order valence-corrected chi connectivity index (χ2v) is 11.3. The Morgan fingerprint density at radius 2 is 1.74 bits per heavy atom. The van der Waals surface area contributed by atoms with Crippen LogP contribution in [0.3, 0.4) is 0 Å². The van der Waals surface area contributed by atoms with E-state index in [1.807, 2.05) is 65.1 Å². The van der Waals surface area contributed by atoms with E-state index in [1.165, 1.54) is 0 Å². The van der Waals surface area contributed by atoms with Gasteiger partial charge in [-0.05, 0) is 61.9 Å². The fourth-order valence-electron chi connectivity index (χ4n) is 3.22. The average Bonchev–Trinajstić information content (AvgIpc) is 2.76. The van der Waals surface area contributed by atoms with Gasteiger partial charge in [-0.1, -0.05) is 26.8 Å². The van der Waals surface area contributed by atoms with Crippen LogP contribution in [0, 0.1) is 12.3 Å². The van der Waals surface area contributed by atoms with Crippen LogP contribution in [-0.2, 0) is 9.84 Å². The molecule has 0 fully saturated rings. The fourth-order valence-corrected chi connectivity index (χ4v) is 5.12. The van der Waals surface area contributed by atoms with E-state index in [4.69, 9.17) is 4.74 Å². The van der Waals surface area contributed by atoms with Crippen molar-refractivity contribution in [1.29, 1.82) is 0 Å². The minimum atomic E-state index is -3.40. The summed E-state index contributed by atoms with van der Waals surface area (Å²) in [5.74, 6) is 1.88. The Kier molecular flexibility index (Phi) is 8.11. The van der Waals surface area contributed by atoms with Gasteiger partial charge in [0, 0.05) is 29.7 Å². The highest BCUT2D eigenvalue weighted by Crippen LogP contribution is 2.26. The van der Waals surface area contributed by atoms with Crippen LogP contribution in [0.5, 0.6) is 5.75 Å². The van der Waals surface area contributed by atoms with Crippen molar-refractivity contribution in [2.45, 2.75) is 32.6 Å². The Labute approximate surface area is 202 Å². The summed E-state index contributed by atoms with van der Waals surface area (Å²) in [4.78, 5) is 9.22. The minimum absolute atomic E-state index is 0.0728. The standard InChI is InChI=1S/C25H33N5O3S/c1-18-16-27-24(29-19-9-11-21(12-10-19)33-14-13-26-5)30-23(18)28-20-7-6-8-22(15-20)34(31,32)17-25(2,3)4/h6-12,15-16,26H,13-14,17H2,1-5H3,(H2,27,28,29,30). The molecular formula is C25H33N5O3S. The summed E-state index contributed by atoms with van der Waals surface area (Å²) in [6.45, 7) is 9.00. The van der Waals surface area contributed by atoms with Crippen LogP contribution in [0.2, 0.25) is 0 Å². The molecule has 0 bridgehead atoms. The van der Waals surface area contributed by atoms with Crippen LogP contribution < -0.4 is 20.7 Å². The quantitative estimate of drug-likeness (QED) is 0.357. The maximum Gasteiger partial charge on any atom is 0.229 e. The second-order valence-electron chi connectivity index (χ2n) is 9.30. The maximum absolute atomic E-state index is 12.8. The lowest BCUT2D eigenvalue weighted by Crippen LogP contribution is -2.20. The van der Waals surface area contributed by atoms with Crippen LogP contribution in [0.15, 0.2) is 59.6 Å². The normalized spacial score (nSPS) is 11.8. The van der Waals surface area contributed by atoms with Gasteiger partial charge in [0.2, 0.25) is 5.95 Å². The van der Waals surface area contributed by atoms with Gasteiger partial charge in [0.15, 0.2) is 9.84 Å². The number of ether oxygens (including phenoxy) is 1. The Hall–Kier alpha value is -3.17. The summed E-state index contributed by atoms with van der Waals surface area (Å²) >= 11 is 0. The predicted molar refractivity (Wildman–Crippen MR) is 137 cm³/mol. The maximum atomic E-state index is 12.8. The molecule has 3 N–H and O–H groups in total. The average molecular weight is 484 g/mol. The Morgan fingerprint density at radius 3 is 2.41 bits per heavy atom. The summed E-state index contributed by atoms with van der Waals surface area (Å²) < 4.78 is 31.2. The number of aryl methyl sites for hydroxylation is 1. The lowest BCUT2D eigenvalue weighted by atomic mass is 10.0. The van der Waals surface area contributed by atoms with Crippen LogP contribution in [0.1, 0.15) is 26.3 Å². The van der Waals surface area contributed by atoms with Crippen LogP contribution in [0.4, 0.5) is 23.1 Å². The van der Waals surface area contributed by atoms with Crippen LogP contribution in [0.25, 0.3) is 0 Å². The highest BCUT2D eigenvalue weighted by atomic mass is 32.2. The number of likely N-dealkylation sites (N-methyl/N-ethyl adjacent to an activating group) is 1. The van der Waals surface area contributed by atoms with E-state index in [9.17, 15) is 8.42 Å². The highest BCUT2D eigenvalue weighted by Gasteiger charge is 2.23.